The van der Waals surface area contributed by atoms with Gasteiger partial charge in [0.1, 0.15) is 11.5 Å². The van der Waals surface area contributed by atoms with Gasteiger partial charge in [0.15, 0.2) is 0 Å². The Bertz CT molecular complexity index is 759. The summed E-state index contributed by atoms with van der Waals surface area (Å²) < 4.78 is 6.23. The van der Waals surface area contributed by atoms with E-state index < -0.39 is 0 Å². The van der Waals surface area contributed by atoms with Crippen LogP contribution >= 0.6 is 0 Å². The maximum Gasteiger partial charge on any atom is 0.126 e. The van der Waals surface area contributed by atoms with Gasteiger partial charge in [0.05, 0.1) is 6.61 Å². The standard InChI is InChI=1S/C24H34O2/c1-8-9-10-26-24-19(7)12-17(5)14-21(24)22(15(2)3)20-13-16(4)11-18(6)23(20)25/h11-15,22,25H,8-10H2,1-7H3. The predicted molar refractivity (Wildman–Crippen MR) is 111 cm³/mol. The minimum absolute atomic E-state index is 0.101. The van der Waals surface area contributed by atoms with Crippen molar-refractivity contribution in [2.75, 3.05) is 6.61 Å². The second-order valence-electron chi connectivity index (χ2n) is 7.94. The van der Waals surface area contributed by atoms with Crippen molar-refractivity contribution in [3.05, 3.63) is 57.6 Å². The summed E-state index contributed by atoms with van der Waals surface area (Å²) in [6.45, 7) is 15.7. The Morgan fingerprint density at radius 3 is 2.04 bits per heavy atom. The number of phenolic OH excluding ortho intramolecular Hbond substituents is 1. The molecule has 1 atom stereocenters. The Balaban J connectivity index is 2.64. The van der Waals surface area contributed by atoms with Crippen LogP contribution in [0.15, 0.2) is 24.3 Å². The van der Waals surface area contributed by atoms with E-state index in [9.17, 15) is 5.11 Å². The lowest BCUT2D eigenvalue weighted by molar-refractivity contribution is 0.301. The molecule has 0 bridgehead atoms. The van der Waals surface area contributed by atoms with Crippen LogP contribution < -0.4 is 4.74 Å². The highest BCUT2D eigenvalue weighted by atomic mass is 16.5. The number of hydrogen-bond donors (Lipinski definition) is 1. The SMILES string of the molecule is CCCCOc1c(C)cc(C)cc1C(c1cc(C)cc(C)c1O)C(C)C. The van der Waals surface area contributed by atoms with Crippen LogP contribution in [0.3, 0.4) is 0 Å². The molecule has 0 spiro atoms. The number of benzene rings is 2. The summed E-state index contributed by atoms with van der Waals surface area (Å²) in [4.78, 5) is 0. The maximum atomic E-state index is 10.8. The molecular weight excluding hydrogens is 320 g/mol. The molecule has 2 heteroatoms. The van der Waals surface area contributed by atoms with E-state index in [0.717, 1.165) is 36.3 Å². The molecule has 0 saturated heterocycles. The first-order chi connectivity index (χ1) is 12.3. The summed E-state index contributed by atoms with van der Waals surface area (Å²) in [6, 6.07) is 8.58. The predicted octanol–water partition coefficient (Wildman–Crippen LogP) is 6.59. The number of aromatic hydroxyl groups is 1. The average Bonchev–Trinajstić information content (AvgIpc) is 2.54. The van der Waals surface area contributed by atoms with Crippen molar-refractivity contribution in [3.63, 3.8) is 0 Å². The van der Waals surface area contributed by atoms with Crippen molar-refractivity contribution in [1.29, 1.82) is 0 Å². The monoisotopic (exact) mass is 354 g/mol. The van der Waals surface area contributed by atoms with E-state index in [4.69, 9.17) is 4.74 Å². The zero-order valence-corrected chi connectivity index (χ0v) is 17.4. The number of phenols is 1. The largest absolute Gasteiger partial charge is 0.507 e. The fourth-order valence-corrected chi connectivity index (χ4v) is 3.85. The molecule has 1 unspecified atom stereocenters. The molecule has 0 fully saturated rings. The Hall–Kier alpha value is -1.96. The molecular formula is C24H34O2. The minimum Gasteiger partial charge on any atom is -0.507 e. The maximum absolute atomic E-state index is 10.8. The Labute approximate surface area is 159 Å². The average molecular weight is 355 g/mol. The van der Waals surface area contributed by atoms with Crippen molar-refractivity contribution < 1.29 is 9.84 Å². The van der Waals surface area contributed by atoms with Crippen LogP contribution in [0.25, 0.3) is 0 Å². The van der Waals surface area contributed by atoms with E-state index in [1.807, 2.05) is 13.0 Å². The highest BCUT2D eigenvalue weighted by Gasteiger charge is 2.26. The van der Waals surface area contributed by atoms with Crippen molar-refractivity contribution >= 4 is 0 Å². The third kappa shape index (κ3) is 4.41. The van der Waals surface area contributed by atoms with Gasteiger partial charge in [-0.25, -0.2) is 0 Å². The van der Waals surface area contributed by atoms with E-state index in [0.29, 0.717) is 11.7 Å². The van der Waals surface area contributed by atoms with Crippen molar-refractivity contribution in [3.8, 4) is 11.5 Å². The molecule has 2 aromatic carbocycles. The van der Waals surface area contributed by atoms with E-state index in [1.165, 1.54) is 22.3 Å². The minimum atomic E-state index is 0.101. The van der Waals surface area contributed by atoms with Gasteiger partial charge in [0.25, 0.3) is 0 Å². The molecule has 0 aliphatic rings. The molecule has 0 saturated carbocycles. The summed E-state index contributed by atoms with van der Waals surface area (Å²) >= 11 is 0. The summed E-state index contributed by atoms with van der Waals surface area (Å²) in [5.41, 5.74) is 6.71. The quantitative estimate of drug-likeness (QED) is 0.568. The fourth-order valence-electron chi connectivity index (χ4n) is 3.85. The molecule has 0 amide bonds. The van der Waals surface area contributed by atoms with Crippen LogP contribution in [-0.2, 0) is 0 Å². The zero-order chi connectivity index (χ0) is 19.4. The van der Waals surface area contributed by atoms with E-state index in [1.54, 1.807) is 0 Å². The van der Waals surface area contributed by atoms with Crippen LogP contribution in [0.2, 0.25) is 0 Å². The van der Waals surface area contributed by atoms with Gasteiger partial charge in [-0.1, -0.05) is 62.6 Å². The summed E-state index contributed by atoms with van der Waals surface area (Å²) in [5.74, 6) is 1.84. The zero-order valence-electron chi connectivity index (χ0n) is 17.4. The van der Waals surface area contributed by atoms with Crippen LogP contribution in [0.5, 0.6) is 11.5 Å². The van der Waals surface area contributed by atoms with Crippen molar-refractivity contribution in [2.45, 2.75) is 67.2 Å². The number of hydrogen-bond acceptors (Lipinski definition) is 2. The van der Waals surface area contributed by atoms with Crippen molar-refractivity contribution in [1.82, 2.24) is 0 Å². The third-order valence-electron chi connectivity index (χ3n) is 5.00. The first-order valence-electron chi connectivity index (χ1n) is 9.80. The van der Waals surface area contributed by atoms with Gasteiger partial charge < -0.3 is 9.84 Å². The molecule has 1 N–H and O–H groups in total. The highest BCUT2D eigenvalue weighted by Crippen LogP contribution is 2.43. The topological polar surface area (TPSA) is 29.5 Å². The third-order valence-corrected chi connectivity index (χ3v) is 5.00. The smallest absolute Gasteiger partial charge is 0.126 e. The van der Waals surface area contributed by atoms with Crippen LogP contribution in [0.4, 0.5) is 0 Å². The van der Waals surface area contributed by atoms with Crippen molar-refractivity contribution in [2.24, 2.45) is 5.92 Å². The van der Waals surface area contributed by atoms with Gasteiger partial charge in [-0.3, -0.25) is 0 Å². The van der Waals surface area contributed by atoms with E-state index in [-0.39, 0.29) is 5.92 Å². The molecule has 2 nitrogen and oxygen atoms in total. The Morgan fingerprint density at radius 1 is 0.885 bits per heavy atom. The molecule has 0 aliphatic carbocycles. The number of aryl methyl sites for hydroxylation is 4. The van der Waals surface area contributed by atoms with Gasteiger partial charge in [-0.15, -0.1) is 0 Å². The molecule has 2 aromatic rings. The van der Waals surface area contributed by atoms with Gasteiger partial charge in [-0.05, 0) is 51.2 Å². The second kappa shape index (κ2) is 8.62. The van der Waals surface area contributed by atoms with E-state index in [2.05, 4.69) is 59.7 Å². The normalized spacial score (nSPS) is 12.5. The molecule has 0 aromatic heterocycles. The van der Waals surface area contributed by atoms with Gasteiger partial charge in [0.2, 0.25) is 0 Å². The van der Waals surface area contributed by atoms with Gasteiger partial charge in [-0.2, -0.15) is 0 Å². The van der Waals surface area contributed by atoms with E-state index >= 15 is 0 Å². The van der Waals surface area contributed by atoms with Gasteiger partial charge in [0, 0.05) is 17.0 Å². The number of rotatable bonds is 7. The number of unbranched alkanes of at least 4 members (excludes halogenated alkanes) is 1. The molecule has 26 heavy (non-hydrogen) atoms. The van der Waals surface area contributed by atoms with Gasteiger partial charge >= 0.3 is 0 Å². The number of ether oxygens (including phenoxy) is 1. The molecule has 0 heterocycles. The Kier molecular flexibility index (Phi) is 6.75. The lowest BCUT2D eigenvalue weighted by atomic mass is 9.79. The summed E-state index contributed by atoms with van der Waals surface area (Å²) in [7, 11) is 0. The lowest BCUT2D eigenvalue weighted by Crippen LogP contribution is -2.13. The molecule has 0 aliphatic heterocycles. The molecule has 142 valence electrons. The second-order valence-corrected chi connectivity index (χ2v) is 7.94. The Morgan fingerprint density at radius 2 is 1.46 bits per heavy atom. The molecule has 0 radical (unpaired) electrons. The lowest BCUT2D eigenvalue weighted by Gasteiger charge is -2.27. The first-order valence-corrected chi connectivity index (χ1v) is 9.80. The summed E-state index contributed by atoms with van der Waals surface area (Å²) in [5, 5.41) is 10.8. The van der Waals surface area contributed by atoms with Crippen LogP contribution in [0, 0.1) is 33.6 Å². The first kappa shape index (κ1) is 20.4. The van der Waals surface area contributed by atoms with Crippen LogP contribution in [-0.4, -0.2) is 11.7 Å². The van der Waals surface area contributed by atoms with Crippen LogP contribution in [0.1, 0.15) is 72.9 Å². The molecule has 2 rings (SSSR count). The highest BCUT2D eigenvalue weighted by molar-refractivity contribution is 5.54. The summed E-state index contributed by atoms with van der Waals surface area (Å²) in [6.07, 6.45) is 2.17. The fraction of sp³-hybridized carbons (Fsp3) is 0.500.